The van der Waals surface area contributed by atoms with Crippen molar-refractivity contribution in [1.29, 1.82) is 0 Å². The molecule has 36 heavy (non-hydrogen) atoms. The average Bonchev–Trinajstić information content (AvgIpc) is 3.37. The largest absolute Gasteiger partial charge is 0.393 e. The molecule has 6 rings (SSSR count). The molecular formula is C28H32N2O4S2. The Labute approximate surface area is 219 Å². The fraction of sp³-hybridized carbons (Fsp3) is 0.571. The van der Waals surface area contributed by atoms with E-state index in [4.69, 9.17) is 0 Å². The van der Waals surface area contributed by atoms with Crippen LogP contribution < -0.4 is 0 Å². The first kappa shape index (κ1) is 24.5. The molecule has 6 unspecified atom stereocenters. The molecule has 190 valence electrons. The summed E-state index contributed by atoms with van der Waals surface area (Å²) in [5.41, 5.74) is -0.601. The van der Waals surface area contributed by atoms with Gasteiger partial charge in [-0.2, -0.15) is 0 Å². The highest BCUT2D eigenvalue weighted by atomic mass is 32.2. The van der Waals surface area contributed by atoms with Gasteiger partial charge in [0.1, 0.15) is 15.9 Å². The molecule has 0 bridgehead atoms. The third kappa shape index (κ3) is 3.37. The number of hydrogen-bond donors (Lipinski definition) is 2. The van der Waals surface area contributed by atoms with Crippen LogP contribution in [0.15, 0.2) is 46.5 Å². The van der Waals surface area contributed by atoms with Gasteiger partial charge in [0.25, 0.3) is 0 Å². The zero-order chi connectivity index (χ0) is 25.5. The van der Waals surface area contributed by atoms with Crippen LogP contribution in [0.2, 0.25) is 0 Å². The number of rotatable bonds is 4. The maximum absolute atomic E-state index is 13.6. The van der Waals surface area contributed by atoms with Crippen molar-refractivity contribution < 1.29 is 19.8 Å². The quantitative estimate of drug-likeness (QED) is 0.564. The van der Waals surface area contributed by atoms with Crippen LogP contribution in [-0.4, -0.2) is 49.2 Å². The Balaban J connectivity index is 1.26. The molecule has 2 aromatic rings. The standard InChI is InChI=1S/C28H32N2O4S2/c1-15-11-17-18-7-9-28(34,22(33)14-35-25-30-20-5-4-10-29-24(20)36-25)27(18,3)13-21(32)23(17)26(2)8-6-16(31)12-19(15)26/h4-6,8,10,12,15,17-18,21,23,32,34H,7,9,11,13-14H2,1-3H3/t15-,17?,18?,21?,23?,26?,27?,28-/m0/s1. The summed E-state index contributed by atoms with van der Waals surface area (Å²) in [6.07, 6.45) is 8.93. The van der Waals surface area contributed by atoms with Crippen LogP contribution in [0.5, 0.6) is 0 Å². The summed E-state index contributed by atoms with van der Waals surface area (Å²) in [5, 5.41) is 23.6. The molecular weight excluding hydrogens is 492 g/mol. The van der Waals surface area contributed by atoms with E-state index in [1.54, 1.807) is 18.3 Å². The van der Waals surface area contributed by atoms with Gasteiger partial charge in [0.2, 0.25) is 0 Å². The van der Waals surface area contributed by atoms with Crippen molar-refractivity contribution in [3.63, 3.8) is 0 Å². The number of fused-ring (bicyclic) bond motifs is 6. The van der Waals surface area contributed by atoms with Crippen LogP contribution >= 0.6 is 23.1 Å². The minimum absolute atomic E-state index is 0.0187. The number of aromatic nitrogens is 2. The lowest BCUT2D eigenvalue weighted by Crippen LogP contribution is -2.62. The van der Waals surface area contributed by atoms with Crippen molar-refractivity contribution >= 4 is 45.0 Å². The van der Waals surface area contributed by atoms with Crippen LogP contribution in [0.4, 0.5) is 0 Å². The number of carbonyl (C=O) groups excluding carboxylic acids is 2. The second kappa shape index (κ2) is 8.32. The van der Waals surface area contributed by atoms with E-state index in [0.29, 0.717) is 12.8 Å². The molecule has 2 aromatic heterocycles. The van der Waals surface area contributed by atoms with E-state index >= 15 is 0 Å². The third-order valence-corrected chi connectivity index (χ3v) is 12.0. The summed E-state index contributed by atoms with van der Waals surface area (Å²) in [7, 11) is 0. The summed E-state index contributed by atoms with van der Waals surface area (Å²) in [6.45, 7) is 6.34. The third-order valence-electron chi connectivity index (χ3n) is 9.90. The Morgan fingerprint density at radius 2 is 2.14 bits per heavy atom. The highest BCUT2D eigenvalue weighted by Gasteiger charge is 2.68. The summed E-state index contributed by atoms with van der Waals surface area (Å²) >= 11 is 2.82. The zero-order valence-corrected chi connectivity index (χ0v) is 22.4. The molecule has 2 N–H and O–H groups in total. The lowest BCUT2D eigenvalue weighted by Gasteiger charge is -2.60. The van der Waals surface area contributed by atoms with Crippen molar-refractivity contribution in [2.45, 2.75) is 62.5 Å². The minimum Gasteiger partial charge on any atom is -0.393 e. The number of ketones is 2. The van der Waals surface area contributed by atoms with Crippen LogP contribution in [-0.2, 0) is 9.59 Å². The molecule has 4 aliphatic rings. The normalized spacial score (nSPS) is 41.5. The molecule has 0 radical (unpaired) electrons. The summed E-state index contributed by atoms with van der Waals surface area (Å²) in [6, 6.07) is 3.75. The molecule has 8 atom stereocenters. The molecule has 3 fully saturated rings. The number of carbonyl (C=O) groups is 2. The van der Waals surface area contributed by atoms with Crippen molar-refractivity contribution in [2.75, 3.05) is 5.75 Å². The average molecular weight is 525 g/mol. The fourth-order valence-corrected chi connectivity index (χ4v) is 10.2. The molecule has 3 saturated carbocycles. The van der Waals surface area contributed by atoms with Gasteiger partial charge in [0, 0.05) is 22.9 Å². The van der Waals surface area contributed by atoms with Crippen LogP contribution in [0.25, 0.3) is 10.3 Å². The lowest BCUT2D eigenvalue weighted by atomic mass is 9.45. The molecule has 6 nitrogen and oxygen atoms in total. The predicted octanol–water partition coefficient (Wildman–Crippen LogP) is 4.61. The number of thiazole rings is 1. The van der Waals surface area contributed by atoms with Gasteiger partial charge >= 0.3 is 0 Å². The molecule has 0 aliphatic heterocycles. The first-order valence-electron chi connectivity index (χ1n) is 12.8. The van der Waals surface area contributed by atoms with Gasteiger partial charge in [-0.3, -0.25) is 9.59 Å². The zero-order valence-electron chi connectivity index (χ0n) is 20.8. The van der Waals surface area contributed by atoms with Gasteiger partial charge in [-0.05, 0) is 67.7 Å². The van der Waals surface area contributed by atoms with E-state index in [9.17, 15) is 19.8 Å². The summed E-state index contributed by atoms with van der Waals surface area (Å²) < 4.78 is 0.774. The number of allylic oxidation sites excluding steroid dienone is 4. The number of Topliss-reactive ketones (excluding diaryl/α,β-unsaturated/α-hetero) is 1. The van der Waals surface area contributed by atoms with Gasteiger partial charge in [-0.25, -0.2) is 9.97 Å². The first-order valence-corrected chi connectivity index (χ1v) is 14.6. The SMILES string of the molecule is C[C@H]1CC2C(C(O)CC3(C)C2CC[C@]3(O)C(=O)CSc2nc3cccnc3s2)C2(C)C=CC(=O)C=C12. The van der Waals surface area contributed by atoms with E-state index in [0.717, 1.165) is 33.1 Å². The Morgan fingerprint density at radius 1 is 1.33 bits per heavy atom. The Kier molecular flexibility index (Phi) is 5.65. The monoisotopic (exact) mass is 524 g/mol. The molecule has 4 aliphatic carbocycles. The lowest BCUT2D eigenvalue weighted by molar-refractivity contribution is -0.176. The van der Waals surface area contributed by atoms with Gasteiger partial charge in [-0.15, -0.1) is 0 Å². The Bertz CT molecular complexity index is 1290. The molecule has 8 heteroatoms. The van der Waals surface area contributed by atoms with Gasteiger partial charge in [0.05, 0.1) is 11.9 Å². The highest BCUT2D eigenvalue weighted by molar-refractivity contribution is 8.01. The van der Waals surface area contributed by atoms with Crippen LogP contribution in [0.1, 0.15) is 46.5 Å². The van der Waals surface area contributed by atoms with Gasteiger partial charge in [0.15, 0.2) is 15.9 Å². The molecule has 2 heterocycles. The Morgan fingerprint density at radius 3 is 2.92 bits per heavy atom. The maximum Gasteiger partial charge on any atom is 0.178 e. The van der Waals surface area contributed by atoms with Crippen molar-refractivity contribution in [1.82, 2.24) is 9.97 Å². The predicted molar refractivity (Wildman–Crippen MR) is 141 cm³/mol. The van der Waals surface area contributed by atoms with Gasteiger partial charge < -0.3 is 10.2 Å². The van der Waals surface area contributed by atoms with Crippen LogP contribution in [0, 0.1) is 34.5 Å². The van der Waals surface area contributed by atoms with Crippen molar-refractivity contribution in [3.05, 3.63) is 42.1 Å². The number of thioether (sulfide) groups is 1. The molecule has 0 amide bonds. The second-order valence-electron chi connectivity index (χ2n) is 11.7. The molecule has 0 spiro atoms. The first-order chi connectivity index (χ1) is 17.1. The van der Waals surface area contributed by atoms with Crippen molar-refractivity contribution in [3.8, 4) is 0 Å². The van der Waals surface area contributed by atoms with Crippen molar-refractivity contribution in [2.24, 2.45) is 34.5 Å². The summed E-state index contributed by atoms with van der Waals surface area (Å²) in [4.78, 5) is 35.5. The van der Waals surface area contributed by atoms with E-state index in [2.05, 4.69) is 23.8 Å². The minimum atomic E-state index is -1.47. The van der Waals surface area contributed by atoms with Crippen LogP contribution in [0.3, 0.4) is 0 Å². The van der Waals surface area contributed by atoms with E-state index in [1.807, 2.05) is 25.1 Å². The second-order valence-corrected chi connectivity index (χ2v) is 13.9. The maximum atomic E-state index is 13.6. The van der Waals surface area contributed by atoms with E-state index < -0.39 is 17.1 Å². The topological polar surface area (TPSA) is 100 Å². The number of aliphatic hydroxyl groups excluding tert-OH is 1. The fourth-order valence-electron chi connectivity index (χ4n) is 8.27. The van der Waals surface area contributed by atoms with E-state index in [1.165, 1.54) is 23.1 Å². The number of aliphatic hydroxyl groups is 2. The van der Waals surface area contributed by atoms with E-state index in [-0.39, 0.29) is 46.4 Å². The number of nitrogens with zero attached hydrogens (tertiary/aromatic N) is 2. The smallest absolute Gasteiger partial charge is 0.178 e. The number of hydrogen-bond acceptors (Lipinski definition) is 8. The van der Waals surface area contributed by atoms with Gasteiger partial charge in [-0.1, -0.05) is 55.5 Å². The molecule has 0 saturated heterocycles. The number of pyridine rings is 1. The highest BCUT2D eigenvalue weighted by Crippen LogP contribution is 2.67. The Hall–Kier alpha value is -1.87. The summed E-state index contributed by atoms with van der Waals surface area (Å²) in [5.74, 6) is 0.507. The molecule has 0 aromatic carbocycles.